The van der Waals surface area contributed by atoms with Crippen molar-refractivity contribution in [3.05, 3.63) is 35.8 Å². The van der Waals surface area contributed by atoms with E-state index in [0.29, 0.717) is 6.54 Å². The van der Waals surface area contributed by atoms with Gasteiger partial charge in [-0.05, 0) is 57.7 Å². The number of carbonyl (C=O) groups excluding carboxylic acids is 1. The average molecular weight is 393 g/mol. The van der Waals surface area contributed by atoms with Gasteiger partial charge in [0, 0.05) is 60.1 Å². The van der Waals surface area contributed by atoms with E-state index < -0.39 is 0 Å². The number of pyridine rings is 1. The molecule has 1 saturated heterocycles. The van der Waals surface area contributed by atoms with Gasteiger partial charge in [0.25, 0.3) is 0 Å². The van der Waals surface area contributed by atoms with Crippen molar-refractivity contribution >= 4 is 17.1 Å². The first kappa shape index (κ1) is 18.2. The van der Waals surface area contributed by atoms with Crippen molar-refractivity contribution in [3.8, 4) is 11.3 Å². The molecule has 3 aromatic heterocycles. The lowest BCUT2D eigenvalue weighted by Crippen LogP contribution is -2.50. The van der Waals surface area contributed by atoms with Crippen LogP contribution in [-0.2, 0) is 12.0 Å². The van der Waals surface area contributed by atoms with Crippen molar-refractivity contribution in [1.82, 2.24) is 30.0 Å². The van der Waals surface area contributed by atoms with E-state index in [1.165, 1.54) is 12.1 Å². The molecule has 0 atom stereocenters. The molecule has 0 unspecified atom stereocenters. The number of amides is 2. The molecule has 0 aliphatic carbocycles. The van der Waals surface area contributed by atoms with E-state index in [1.807, 2.05) is 24.9 Å². The first-order valence-corrected chi connectivity index (χ1v) is 10.6. The van der Waals surface area contributed by atoms with E-state index >= 15 is 0 Å². The Morgan fingerprint density at radius 2 is 2.03 bits per heavy atom. The fourth-order valence-electron chi connectivity index (χ4n) is 5.05. The molecule has 1 fully saturated rings. The van der Waals surface area contributed by atoms with Crippen LogP contribution in [0, 0.1) is 6.92 Å². The number of likely N-dealkylation sites (tertiary alicyclic amines) is 1. The number of nitrogens with one attached hydrogen (secondary N) is 2. The summed E-state index contributed by atoms with van der Waals surface area (Å²) in [5.74, 6) is 0. The molecule has 2 amide bonds. The highest BCUT2D eigenvalue weighted by atomic mass is 16.2. The fraction of sp³-hybridized carbons (Fsp3) is 0.500. The number of H-pyrrole nitrogens is 1. The Hall–Kier alpha value is -2.83. The Labute approximate surface area is 170 Å². The summed E-state index contributed by atoms with van der Waals surface area (Å²) in [7, 11) is 0. The molecule has 7 nitrogen and oxygen atoms in total. The van der Waals surface area contributed by atoms with Crippen LogP contribution in [0.15, 0.2) is 24.4 Å². The Morgan fingerprint density at radius 1 is 1.21 bits per heavy atom. The summed E-state index contributed by atoms with van der Waals surface area (Å²) in [5, 5.41) is 8.99. The molecule has 0 aromatic carbocycles. The monoisotopic (exact) mass is 392 g/mol. The Bertz CT molecular complexity index is 1060. The SMILES string of the molecule is CCNC(=O)N1CCC2(CCCn3nc(-c4cnc5[nH]c(C)cc5c4)cc32)CC1. The van der Waals surface area contributed by atoms with E-state index in [9.17, 15) is 4.79 Å². The number of fused-ring (bicyclic) bond motifs is 3. The third-order valence-electron chi connectivity index (χ3n) is 6.58. The van der Waals surface area contributed by atoms with E-state index in [0.717, 1.165) is 66.9 Å². The predicted molar refractivity (Wildman–Crippen MR) is 113 cm³/mol. The molecule has 0 radical (unpaired) electrons. The van der Waals surface area contributed by atoms with E-state index in [4.69, 9.17) is 5.10 Å². The Morgan fingerprint density at radius 3 is 2.83 bits per heavy atom. The molecule has 2 aliphatic heterocycles. The number of aromatic nitrogens is 4. The minimum atomic E-state index is 0.0635. The molecule has 0 saturated carbocycles. The van der Waals surface area contributed by atoms with E-state index in [1.54, 1.807) is 0 Å². The molecule has 5 rings (SSSR count). The molecule has 2 N–H and O–H groups in total. The second-order valence-corrected chi connectivity index (χ2v) is 8.46. The number of nitrogens with zero attached hydrogens (tertiary/aromatic N) is 4. The van der Waals surface area contributed by atoms with Crippen LogP contribution in [0.4, 0.5) is 4.79 Å². The van der Waals surface area contributed by atoms with Gasteiger partial charge in [-0.3, -0.25) is 4.68 Å². The quantitative estimate of drug-likeness (QED) is 0.699. The number of rotatable bonds is 2. The minimum absolute atomic E-state index is 0.0635. The molecule has 1 spiro atoms. The maximum absolute atomic E-state index is 12.2. The number of carbonyl (C=O) groups is 1. The zero-order valence-corrected chi connectivity index (χ0v) is 17.2. The van der Waals surface area contributed by atoms with Gasteiger partial charge in [-0.25, -0.2) is 9.78 Å². The van der Waals surface area contributed by atoms with Crippen LogP contribution in [0.1, 0.15) is 44.0 Å². The maximum Gasteiger partial charge on any atom is 0.317 e. The highest BCUT2D eigenvalue weighted by molar-refractivity contribution is 5.81. The maximum atomic E-state index is 12.2. The van der Waals surface area contributed by atoms with Gasteiger partial charge < -0.3 is 15.2 Å². The molecule has 29 heavy (non-hydrogen) atoms. The van der Waals surface area contributed by atoms with Crippen LogP contribution < -0.4 is 5.32 Å². The third kappa shape index (κ3) is 3.09. The number of piperidine rings is 1. The van der Waals surface area contributed by atoms with Gasteiger partial charge in [0.05, 0.1) is 5.69 Å². The van der Waals surface area contributed by atoms with E-state index in [-0.39, 0.29) is 11.4 Å². The lowest BCUT2D eigenvalue weighted by Gasteiger charge is -2.44. The molecule has 0 bridgehead atoms. The van der Waals surface area contributed by atoms with Crippen LogP contribution in [0.3, 0.4) is 0 Å². The summed E-state index contributed by atoms with van der Waals surface area (Å²) >= 11 is 0. The second-order valence-electron chi connectivity index (χ2n) is 8.46. The summed E-state index contributed by atoms with van der Waals surface area (Å²) in [5.41, 5.74) is 5.57. The minimum Gasteiger partial charge on any atom is -0.344 e. The number of aryl methyl sites for hydroxylation is 2. The second kappa shape index (κ2) is 6.90. The Balaban J connectivity index is 1.44. The summed E-state index contributed by atoms with van der Waals surface area (Å²) in [6, 6.07) is 6.63. The molecule has 3 aromatic rings. The smallest absolute Gasteiger partial charge is 0.317 e. The standard InChI is InChI=1S/C22H28N6O/c1-3-23-21(29)27-9-6-22(7-10-27)5-4-8-28-19(22)13-18(26-28)17-12-16-11-15(2)25-20(16)24-14-17/h11-14H,3-10H2,1-2H3,(H,23,29)(H,24,25). The first-order valence-electron chi connectivity index (χ1n) is 10.6. The molecular formula is C22H28N6O. The number of aromatic amines is 1. The topological polar surface area (TPSA) is 78.8 Å². The van der Waals surface area contributed by atoms with Crippen LogP contribution in [-0.4, -0.2) is 50.3 Å². The van der Waals surface area contributed by atoms with Crippen LogP contribution in [0.25, 0.3) is 22.3 Å². The molecule has 5 heterocycles. The van der Waals surface area contributed by atoms with Crippen molar-refractivity contribution in [2.75, 3.05) is 19.6 Å². The lowest BCUT2D eigenvalue weighted by molar-refractivity contribution is 0.139. The summed E-state index contributed by atoms with van der Waals surface area (Å²) < 4.78 is 2.20. The van der Waals surface area contributed by atoms with Crippen LogP contribution >= 0.6 is 0 Å². The number of hydrogen-bond acceptors (Lipinski definition) is 3. The number of hydrogen-bond donors (Lipinski definition) is 2. The zero-order valence-electron chi connectivity index (χ0n) is 17.2. The normalized spacial score (nSPS) is 18.2. The molecule has 152 valence electrons. The van der Waals surface area contributed by atoms with Crippen molar-refractivity contribution in [3.63, 3.8) is 0 Å². The van der Waals surface area contributed by atoms with Gasteiger partial charge in [0.15, 0.2) is 0 Å². The molecule has 7 heteroatoms. The highest BCUT2D eigenvalue weighted by Crippen LogP contribution is 2.43. The fourth-order valence-corrected chi connectivity index (χ4v) is 5.05. The van der Waals surface area contributed by atoms with Crippen molar-refractivity contribution in [1.29, 1.82) is 0 Å². The van der Waals surface area contributed by atoms with Crippen LogP contribution in [0.5, 0.6) is 0 Å². The van der Waals surface area contributed by atoms with Crippen molar-refractivity contribution in [2.45, 2.75) is 51.5 Å². The zero-order chi connectivity index (χ0) is 20.0. The lowest BCUT2D eigenvalue weighted by atomic mass is 9.70. The van der Waals surface area contributed by atoms with Gasteiger partial charge in [0.1, 0.15) is 5.65 Å². The van der Waals surface area contributed by atoms with Gasteiger partial charge in [-0.1, -0.05) is 0 Å². The molecular weight excluding hydrogens is 364 g/mol. The summed E-state index contributed by atoms with van der Waals surface area (Å²) in [4.78, 5) is 22.0. The first-order chi connectivity index (χ1) is 14.1. The van der Waals surface area contributed by atoms with E-state index in [2.05, 4.69) is 38.2 Å². The molecule has 2 aliphatic rings. The third-order valence-corrected chi connectivity index (χ3v) is 6.58. The predicted octanol–water partition coefficient (Wildman–Crippen LogP) is 3.59. The van der Waals surface area contributed by atoms with Crippen molar-refractivity contribution in [2.24, 2.45) is 0 Å². The van der Waals surface area contributed by atoms with Gasteiger partial charge >= 0.3 is 6.03 Å². The van der Waals surface area contributed by atoms with Crippen LogP contribution in [0.2, 0.25) is 0 Å². The number of urea groups is 1. The van der Waals surface area contributed by atoms with Gasteiger partial charge in [-0.15, -0.1) is 0 Å². The van der Waals surface area contributed by atoms with Gasteiger partial charge in [0.2, 0.25) is 0 Å². The average Bonchev–Trinajstić information content (AvgIpc) is 3.31. The largest absolute Gasteiger partial charge is 0.344 e. The highest BCUT2D eigenvalue weighted by Gasteiger charge is 2.41. The summed E-state index contributed by atoms with van der Waals surface area (Å²) in [6.07, 6.45) is 6.24. The summed E-state index contributed by atoms with van der Waals surface area (Å²) in [6.45, 7) is 7.27. The van der Waals surface area contributed by atoms with Gasteiger partial charge in [-0.2, -0.15) is 5.10 Å². The van der Waals surface area contributed by atoms with Crippen molar-refractivity contribution < 1.29 is 4.79 Å². The Kier molecular flexibility index (Phi) is 4.33.